The van der Waals surface area contributed by atoms with Crippen LogP contribution in [0.25, 0.3) is 0 Å². The van der Waals surface area contributed by atoms with Crippen LogP contribution in [-0.4, -0.2) is 16.0 Å². The molecule has 0 saturated carbocycles. The zero-order valence-corrected chi connectivity index (χ0v) is 12.6. The van der Waals surface area contributed by atoms with Crippen LogP contribution in [0.15, 0.2) is 36.5 Å². The summed E-state index contributed by atoms with van der Waals surface area (Å²) in [6.45, 7) is -0.269. The number of hydrogen-bond acceptors (Lipinski definition) is 3. The molecule has 0 aliphatic heterocycles. The predicted octanol–water partition coefficient (Wildman–Crippen LogP) is 2.67. The van der Waals surface area contributed by atoms with Gasteiger partial charge in [-0.15, -0.1) is 0 Å². The summed E-state index contributed by atoms with van der Waals surface area (Å²) in [4.78, 5) is 16.3. The molecule has 2 aromatic rings. The first-order valence-electron chi connectivity index (χ1n) is 7.46. The second-order valence-electron chi connectivity index (χ2n) is 5.71. The highest BCUT2D eigenvalue weighted by atomic mass is 19.1. The van der Waals surface area contributed by atoms with Crippen LogP contribution in [0, 0.1) is 11.6 Å². The van der Waals surface area contributed by atoms with Crippen molar-refractivity contribution < 1.29 is 23.1 Å². The maximum atomic E-state index is 15.3. The van der Waals surface area contributed by atoms with Crippen molar-refractivity contribution in [1.29, 1.82) is 0 Å². The average molecular weight is 336 g/mol. The molecule has 3 rings (SSSR count). The third-order valence-electron chi connectivity index (χ3n) is 4.16. The van der Waals surface area contributed by atoms with E-state index in [2.05, 4.69) is 10.3 Å². The number of aliphatic hydroxyl groups excluding tert-OH is 1. The molecular weight excluding hydrogens is 321 g/mol. The summed E-state index contributed by atoms with van der Waals surface area (Å²) in [6.07, 6.45) is 0.343. The minimum atomic E-state index is -2.35. The molecule has 126 valence electrons. The van der Waals surface area contributed by atoms with Gasteiger partial charge in [0.2, 0.25) is 5.67 Å². The number of nitrogens with zero attached hydrogens (tertiary/aromatic N) is 1. The summed E-state index contributed by atoms with van der Waals surface area (Å²) in [7, 11) is 0. The van der Waals surface area contributed by atoms with E-state index in [4.69, 9.17) is 0 Å². The van der Waals surface area contributed by atoms with Crippen molar-refractivity contribution in [3.8, 4) is 0 Å². The Hall–Kier alpha value is -2.41. The molecule has 0 bridgehead atoms. The lowest BCUT2D eigenvalue weighted by Gasteiger charge is -2.32. The summed E-state index contributed by atoms with van der Waals surface area (Å²) >= 11 is 0. The number of nitrogens with one attached hydrogen (secondary N) is 1. The van der Waals surface area contributed by atoms with Gasteiger partial charge < -0.3 is 10.4 Å². The molecule has 24 heavy (non-hydrogen) atoms. The fraction of sp³-hybridized carbons (Fsp3) is 0.294. The van der Waals surface area contributed by atoms with E-state index in [1.54, 1.807) is 0 Å². The van der Waals surface area contributed by atoms with Gasteiger partial charge in [-0.25, -0.2) is 13.2 Å². The van der Waals surface area contributed by atoms with E-state index in [0.717, 1.165) is 6.07 Å². The number of amides is 1. The summed E-state index contributed by atoms with van der Waals surface area (Å²) in [5, 5.41) is 12.2. The molecule has 7 heteroatoms. The van der Waals surface area contributed by atoms with E-state index in [1.165, 1.54) is 24.4 Å². The number of benzene rings is 1. The molecule has 0 radical (unpaired) electrons. The van der Waals surface area contributed by atoms with E-state index in [-0.39, 0.29) is 36.2 Å². The maximum absolute atomic E-state index is 15.3. The lowest BCUT2D eigenvalue weighted by atomic mass is 9.81. The minimum absolute atomic E-state index is 0.0147. The average Bonchev–Trinajstić information content (AvgIpc) is 2.57. The van der Waals surface area contributed by atoms with Crippen molar-refractivity contribution in [2.24, 2.45) is 0 Å². The zero-order chi connectivity index (χ0) is 17.3. The van der Waals surface area contributed by atoms with Gasteiger partial charge in [-0.1, -0.05) is 12.1 Å². The van der Waals surface area contributed by atoms with Crippen LogP contribution >= 0.6 is 0 Å². The van der Waals surface area contributed by atoms with Crippen molar-refractivity contribution in [3.63, 3.8) is 0 Å². The Morgan fingerprint density at radius 2 is 2.17 bits per heavy atom. The number of carbonyl (C=O) groups excluding carboxylic acids is 1. The van der Waals surface area contributed by atoms with Crippen LogP contribution in [0.3, 0.4) is 0 Å². The first kappa shape index (κ1) is 16.4. The lowest BCUT2D eigenvalue weighted by molar-refractivity contribution is -0.135. The van der Waals surface area contributed by atoms with Gasteiger partial charge in [-0.05, 0) is 25.0 Å². The van der Waals surface area contributed by atoms with E-state index >= 15 is 4.39 Å². The highest BCUT2D eigenvalue weighted by Gasteiger charge is 2.46. The molecule has 0 saturated heterocycles. The Bertz CT molecular complexity index is 784. The monoisotopic (exact) mass is 336 g/mol. The molecule has 0 unspecified atom stereocenters. The van der Waals surface area contributed by atoms with E-state index in [0.29, 0.717) is 6.07 Å². The number of hydrogen-bond donors (Lipinski definition) is 2. The van der Waals surface area contributed by atoms with Crippen LogP contribution < -0.4 is 5.32 Å². The topological polar surface area (TPSA) is 62.2 Å². The molecule has 0 spiro atoms. The molecule has 1 aromatic heterocycles. The third kappa shape index (κ3) is 2.87. The quantitative estimate of drug-likeness (QED) is 0.906. The summed E-state index contributed by atoms with van der Waals surface area (Å²) in [6, 6.07) is 5.84. The molecule has 1 heterocycles. The second kappa shape index (κ2) is 6.24. The van der Waals surface area contributed by atoms with Gasteiger partial charge in [0.25, 0.3) is 5.91 Å². The second-order valence-corrected chi connectivity index (χ2v) is 5.71. The van der Waals surface area contributed by atoms with Gasteiger partial charge in [0.15, 0.2) is 0 Å². The Morgan fingerprint density at radius 3 is 2.92 bits per heavy atom. The van der Waals surface area contributed by atoms with Crippen molar-refractivity contribution >= 4 is 5.91 Å². The molecular formula is C17H15F3N2O2. The minimum Gasteiger partial charge on any atom is -0.387 e. The number of alkyl halides is 1. The van der Waals surface area contributed by atoms with Gasteiger partial charge >= 0.3 is 0 Å². The first-order chi connectivity index (χ1) is 11.4. The molecule has 2 N–H and O–H groups in total. The molecule has 2 atom stereocenters. The fourth-order valence-electron chi connectivity index (χ4n) is 2.84. The first-order valence-corrected chi connectivity index (χ1v) is 7.46. The van der Waals surface area contributed by atoms with Crippen molar-refractivity contribution in [2.75, 3.05) is 0 Å². The van der Waals surface area contributed by atoms with Crippen LogP contribution in [-0.2, 0) is 17.0 Å². The van der Waals surface area contributed by atoms with E-state index in [9.17, 15) is 18.7 Å². The number of carbonyl (C=O) groups is 1. The van der Waals surface area contributed by atoms with Crippen LogP contribution in [0.5, 0.6) is 0 Å². The molecule has 1 aromatic carbocycles. The van der Waals surface area contributed by atoms with Crippen molar-refractivity contribution in [1.82, 2.24) is 10.3 Å². The molecule has 0 fully saturated rings. The largest absolute Gasteiger partial charge is 0.387 e. The molecule has 1 aliphatic rings. The Balaban J connectivity index is 1.81. The molecule has 1 amide bonds. The summed E-state index contributed by atoms with van der Waals surface area (Å²) in [5.41, 5.74) is -2.15. The van der Waals surface area contributed by atoms with E-state index < -0.39 is 29.3 Å². The van der Waals surface area contributed by atoms with Gasteiger partial charge in [0.1, 0.15) is 11.6 Å². The highest BCUT2D eigenvalue weighted by Crippen LogP contribution is 2.42. The normalized spacial score (nSPS) is 22.8. The number of fused-ring (bicyclic) bond motifs is 1. The number of aliphatic hydroxyl groups is 1. The SMILES string of the molecule is O=C(NCc1ccc(F)cc1F)[C@@]1(F)CC[C@@H](O)c2ncccc21. The Labute approximate surface area is 136 Å². The van der Waals surface area contributed by atoms with Gasteiger partial charge in [-0.3, -0.25) is 9.78 Å². The zero-order valence-electron chi connectivity index (χ0n) is 12.6. The van der Waals surface area contributed by atoms with Crippen molar-refractivity contribution in [2.45, 2.75) is 31.2 Å². The Kier molecular flexibility index (Phi) is 4.28. The van der Waals surface area contributed by atoms with Crippen LogP contribution in [0.1, 0.15) is 35.8 Å². The molecule has 1 aliphatic carbocycles. The maximum Gasteiger partial charge on any atom is 0.262 e. The van der Waals surface area contributed by atoms with Gasteiger partial charge in [0, 0.05) is 29.9 Å². The lowest BCUT2D eigenvalue weighted by Crippen LogP contribution is -2.44. The standard InChI is InChI=1S/C17H15F3N2O2/c18-11-4-3-10(13(19)8-11)9-22-16(24)17(20)6-5-14(23)15-12(17)2-1-7-21-15/h1-4,7-8,14,23H,5-6,9H2,(H,22,24)/t14-,17-/m1/s1. The smallest absolute Gasteiger partial charge is 0.262 e. The summed E-state index contributed by atoms with van der Waals surface area (Å²) < 4.78 is 41.8. The highest BCUT2D eigenvalue weighted by molar-refractivity contribution is 5.87. The number of halogens is 3. The van der Waals surface area contributed by atoms with Crippen molar-refractivity contribution in [3.05, 3.63) is 65.0 Å². The fourth-order valence-corrected chi connectivity index (χ4v) is 2.84. The predicted molar refractivity (Wildman–Crippen MR) is 79.4 cm³/mol. The summed E-state index contributed by atoms with van der Waals surface area (Å²) in [5.74, 6) is -2.48. The number of aromatic nitrogens is 1. The van der Waals surface area contributed by atoms with E-state index in [1.807, 2.05) is 0 Å². The van der Waals surface area contributed by atoms with Gasteiger partial charge in [-0.2, -0.15) is 0 Å². The number of pyridine rings is 1. The molecule has 4 nitrogen and oxygen atoms in total. The Morgan fingerprint density at radius 1 is 1.38 bits per heavy atom. The van der Waals surface area contributed by atoms with Crippen LogP contribution in [0.2, 0.25) is 0 Å². The number of rotatable bonds is 3. The van der Waals surface area contributed by atoms with Crippen LogP contribution in [0.4, 0.5) is 13.2 Å². The third-order valence-corrected chi connectivity index (χ3v) is 4.16. The van der Waals surface area contributed by atoms with Gasteiger partial charge in [0.05, 0.1) is 11.8 Å².